The molecule has 0 aliphatic heterocycles. The Morgan fingerprint density at radius 3 is 2.59 bits per heavy atom. The number of hydrogen-bond donors (Lipinski definition) is 0. The summed E-state index contributed by atoms with van der Waals surface area (Å²) in [5, 5.41) is 0.341. The summed E-state index contributed by atoms with van der Waals surface area (Å²) in [7, 11) is -3.49. The number of sulfone groups is 1. The van der Waals surface area contributed by atoms with Crippen molar-refractivity contribution >= 4 is 42.4 Å². The maximum Gasteiger partial charge on any atom is 0.229 e. The van der Waals surface area contributed by atoms with Crippen LogP contribution < -0.4 is 4.90 Å². The third-order valence-corrected chi connectivity index (χ3v) is 7.83. The molecule has 2 heterocycles. The van der Waals surface area contributed by atoms with Crippen molar-refractivity contribution in [2.45, 2.75) is 31.2 Å². The Labute approximate surface area is 189 Å². The first-order valence-corrected chi connectivity index (χ1v) is 12.5. The molecule has 0 bridgehead atoms. The fourth-order valence-corrected chi connectivity index (χ4v) is 5.56. The van der Waals surface area contributed by atoms with Gasteiger partial charge in [0.05, 0.1) is 28.2 Å². The first kappa shape index (κ1) is 22.2. The number of anilines is 1. The molecule has 0 atom stereocenters. The summed E-state index contributed by atoms with van der Waals surface area (Å²) < 4.78 is 45.3. The summed E-state index contributed by atoms with van der Waals surface area (Å²) >= 11 is 1.20. The zero-order valence-electron chi connectivity index (χ0n) is 17.3. The van der Waals surface area contributed by atoms with Crippen LogP contribution in [0.25, 0.3) is 10.2 Å². The quantitative estimate of drug-likeness (QED) is 0.355. The minimum absolute atomic E-state index is 0.00417. The van der Waals surface area contributed by atoms with Crippen LogP contribution in [0.3, 0.4) is 0 Å². The van der Waals surface area contributed by atoms with E-state index in [4.69, 9.17) is 4.42 Å². The number of fused-ring (bicyclic) bond motifs is 1. The molecular formula is C23H21FN2O4S2. The van der Waals surface area contributed by atoms with Gasteiger partial charge in [0, 0.05) is 6.42 Å². The monoisotopic (exact) mass is 472 g/mol. The molecule has 32 heavy (non-hydrogen) atoms. The lowest BCUT2D eigenvalue weighted by Gasteiger charge is -2.18. The van der Waals surface area contributed by atoms with Crippen molar-refractivity contribution in [3.63, 3.8) is 0 Å². The number of benzene rings is 2. The van der Waals surface area contributed by atoms with E-state index in [-0.39, 0.29) is 41.5 Å². The standard InChI is InChI=1S/C23H21FN2O4S2/c1-16-9-11-18(12-10-16)32(28,29)14-4-8-21(27)26(15-17-5-3-13-30-17)23-25-22-19(24)6-2-7-20(22)31-23/h2-3,5-7,9-13H,4,8,14-15H2,1H3. The van der Waals surface area contributed by atoms with Gasteiger partial charge in [-0.05, 0) is 49.7 Å². The molecule has 2 aromatic heterocycles. The Bertz CT molecular complexity index is 1330. The van der Waals surface area contributed by atoms with Gasteiger partial charge >= 0.3 is 0 Å². The summed E-state index contributed by atoms with van der Waals surface area (Å²) in [5.41, 5.74) is 1.17. The minimum Gasteiger partial charge on any atom is -0.467 e. The summed E-state index contributed by atoms with van der Waals surface area (Å²) in [4.78, 5) is 19.0. The van der Waals surface area contributed by atoms with Gasteiger partial charge in [-0.1, -0.05) is 35.1 Å². The third kappa shape index (κ3) is 4.89. The van der Waals surface area contributed by atoms with Gasteiger partial charge in [-0.2, -0.15) is 0 Å². The van der Waals surface area contributed by atoms with E-state index in [1.165, 1.54) is 28.6 Å². The van der Waals surface area contributed by atoms with Crippen molar-refractivity contribution in [3.8, 4) is 0 Å². The average Bonchev–Trinajstić information content (AvgIpc) is 3.42. The number of carbonyl (C=O) groups is 1. The van der Waals surface area contributed by atoms with Crippen molar-refractivity contribution in [1.29, 1.82) is 0 Å². The van der Waals surface area contributed by atoms with Crippen molar-refractivity contribution in [2.24, 2.45) is 0 Å². The highest BCUT2D eigenvalue weighted by Crippen LogP contribution is 2.31. The van der Waals surface area contributed by atoms with Crippen LogP contribution in [0.2, 0.25) is 0 Å². The van der Waals surface area contributed by atoms with Crippen LogP contribution in [-0.2, 0) is 21.2 Å². The number of para-hydroxylation sites is 1. The van der Waals surface area contributed by atoms with E-state index in [0.29, 0.717) is 15.6 Å². The van der Waals surface area contributed by atoms with E-state index in [0.717, 1.165) is 5.56 Å². The lowest BCUT2D eigenvalue weighted by atomic mass is 10.2. The first-order valence-electron chi connectivity index (χ1n) is 10.0. The highest BCUT2D eigenvalue weighted by molar-refractivity contribution is 7.91. The number of hydrogen-bond acceptors (Lipinski definition) is 6. The Morgan fingerprint density at radius 1 is 1.12 bits per heavy atom. The molecule has 0 fully saturated rings. The smallest absolute Gasteiger partial charge is 0.229 e. The lowest BCUT2D eigenvalue weighted by molar-refractivity contribution is -0.118. The molecule has 0 spiro atoms. The maximum atomic E-state index is 14.1. The number of halogens is 1. The highest BCUT2D eigenvalue weighted by atomic mass is 32.2. The predicted octanol–water partition coefficient (Wildman–Crippen LogP) is 5.12. The molecule has 0 saturated heterocycles. The van der Waals surface area contributed by atoms with Crippen LogP contribution in [0, 0.1) is 12.7 Å². The number of aryl methyl sites for hydroxylation is 1. The number of furan rings is 1. The Morgan fingerprint density at radius 2 is 1.91 bits per heavy atom. The Balaban J connectivity index is 1.51. The number of carbonyl (C=O) groups excluding carboxylic acids is 1. The third-order valence-electron chi connectivity index (χ3n) is 4.97. The summed E-state index contributed by atoms with van der Waals surface area (Å²) in [5.74, 6) is -0.366. The van der Waals surface area contributed by atoms with Gasteiger partial charge < -0.3 is 4.42 Å². The first-order chi connectivity index (χ1) is 15.3. The van der Waals surface area contributed by atoms with Crippen molar-refractivity contribution < 1.29 is 22.0 Å². The number of thiazole rings is 1. The summed E-state index contributed by atoms with van der Waals surface area (Å²) in [6.07, 6.45) is 1.66. The molecule has 0 unspecified atom stereocenters. The van der Waals surface area contributed by atoms with Gasteiger partial charge in [-0.3, -0.25) is 9.69 Å². The Kier molecular flexibility index (Phi) is 6.38. The fraction of sp³-hybridized carbons (Fsp3) is 0.217. The normalized spacial score (nSPS) is 11.7. The molecule has 0 aliphatic rings. The van der Waals surface area contributed by atoms with Crippen LogP contribution in [0.15, 0.2) is 70.2 Å². The molecule has 2 aromatic carbocycles. The molecule has 0 aliphatic carbocycles. The predicted molar refractivity (Wildman–Crippen MR) is 122 cm³/mol. The second kappa shape index (κ2) is 9.22. The average molecular weight is 473 g/mol. The van der Waals surface area contributed by atoms with Gasteiger partial charge in [-0.15, -0.1) is 0 Å². The van der Waals surface area contributed by atoms with E-state index in [9.17, 15) is 17.6 Å². The highest BCUT2D eigenvalue weighted by Gasteiger charge is 2.23. The summed E-state index contributed by atoms with van der Waals surface area (Å²) in [6.45, 7) is 2.01. The van der Waals surface area contributed by atoms with Gasteiger partial charge in [0.25, 0.3) is 0 Å². The van der Waals surface area contributed by atoms with Crippen LogP contribution in [0.5, 0.6) is 0 Å². The molecular weight excluding hydrogens is 451 g/mol. The topological polar surface area (TPSA) is 80.5 Å². The number of nitrogens with zero attached hydrogens (tertiary/aromatic N) is 2. The fourth-order valence-electron chi connectivity index (χ4n) is 3.25. The van der Waals surface area contributed by atoms with E-state index in [1.54, 1.807) is 48.5 Å². The zero-order valence-corrected chi connectivity index (χ0v) is 19.0. The van der Waals surface area contributed by atoms with E-state index in [2.05, 4.69) is 4.98 Å². The second-order valence-corrected chi connectivity index (χ2v) is 10.5. The SMILES string of the molecule is Cc1ccc(S(=O)(=O)CCCC(=O)N(Cc2ccco2)c2nc3c(F)cccc3s2)cc1. The van der Waals surface area contributed by atoms with E-state index in [1.807, 2.05) is 6.92 Å². The number of amides is 1. The molecule has 0 N–H and O–H groups in total. The van der Waals surface area contributed by atoms with Gasteiger partial charge in [0.1, 0.15) is 17.1 Å². The largest absolute Gasteiger partial charge is 0.467 e. The molecule has 4 aromatic rings. The van der Waals surface area contributed by atoms with Crippen molar-refractivity contribution in [3.05, 3.63) is 78.0 Å². The van der Waals surface area contributed by atoms with Gasteiger partial charge in [0.15, 0.2) is 15.0 Å². The molecule has 1 amide bonds. The molecule has 0 radical (unpaired) electrons. The number of rotatable bonds is 8. The van der Waals surface area contributed by atoms with E-state index < -0.39 is 15.7 Å². The molecule has 9 heteroatoms. The van der Waals surface area contributed by atoms with E-state index >= 15 is 0 Å². The molecule has 0 saturated carbocycles. The zero-order chi connectivity index (χ0) is 22.7. The van der Waals surface area contributed by atoms with Crippen molar-refractivity contribution in [2.75, 3.05) is 10.7 Å². The van der Waals surface area contributed by atoms with Crippen molar-refractivity contribution in [1.82, 2.24) is 4.98 Å². The summed E-state index contributed by atoms with van der Waals surface area (Å²) in [6, 6.07) is 14.7. The van der Waals surface area contributed by atoms with Gasteiger partial charge in [-0.25, -0.2) is 17.8 Å². The van der Waals surface area contributed by atoms with Crippen LogP contribution in [0.1, 0.15) is 24.2 Å². The molecule has 4 rings (SSSR count). The van der Waals surface area contributed by atoms with Crippen LogP contribution in [0.4, 0.5) is 9.52 Å². The van der Waals surface area contributed by atoms with Crippen LogP contribution in [-0.4, -0.2) is 25.1 Å². The minimum atomic E-state index is -3.49. The molecule has 6 nitrogen and oxygen atoms in total. The van der Waals surface area contributed by atoms with Gasteiger partial charge in [0.2, 0.25) is 5.91 Å². The Hall–Kier alpha value is -3.04. The second-order valence-electron chi connectivity index (χ2n) is 7.38. The molecule has 166 valence electrons. The number of aromatic nitrogens is 1. The van der Waals surface area contributed by atoms with Crippen LogP contribution >= 0.6 is 11.3 Å². The lowest BCUT2D eigenvalue weighted by Crippen LogP contribution is -2.30. The maximum absolute atomic E-state index is 14.1.